The summed E-state index contributed by atoms with van der Waals surface area (Å²) >= 11 is 0. The summed E-state index contributed by atoms with van der Waals surface area (Å²) < 4.78 is 10.7. The molecule has 2 aromatic carbocycles. The summed E-state index contributed by atoms with van der Waals surface area (Å²) in [5, 5.41) is 2.32. The van der Waals surface area contributed by atoms with Crippen molar-refractivity contribution >= 4 is 23.2 Å². The van der Waals surface area contributed by atoms with Gasteiger partial charge in [-0.1, -0.05) is 23.8 Å². The van der Waals surface area contributed by atoms with Gasteiger partial charge in [-0.05, 0) is 36.6 Å². The molecular weight excluding hydrogens is 298 g/mol. The minimum atomic E-state index is 0. The van der Waals surface area contributed by atoms with Gasteiger partial charge in [0.15, 0.2) is 11.5 Å². The van der Waals surface area contributed by atoms with Gasteiger partial charge in [-0.3, -0.25) is 4.98 Å². The Labute approximate surface area is 136 Å². The standard InChI is InChI=1S/C18H17NO2.ClH/c1-12-4-6-15-13(10-12)8-9-19-18(15)14-5-7-16(20-2)17(11-14)21-3;/h4-11H,1-3H3;1H. The van der Waals surface area contributed by atoms with Crippen LogP contribution in [0.2, 0.25) is 0 Å². The van der Waals surface area contributed by atoms with Crippen LogP contribution in [0.3, 0.4) is 0 Å². The maximum absolute atomic E-state index is 5.38. The number of methoxy groups -OCH3 is 2. The molecule has 0 spiro atoms. The van der Waals surface area contributed by atoms with Gasteiger partial charge in [0.2, 0.25) is 0 Å². The van der Waals surface area contributed by atoms with Gasteiger partial charge in [-0.2, -0.15) is 0 Å². The molecule has 3 nitrogen and oxygen atoms in total. The molecule has 3 rings (SSSR count). The van der Waals surface area contributed by atoms with Crippen molar-refractivity contribution in [2.24, 2.45) is 0 Å². The van der Waals surface area contributed by atoms with E-state index in [1.54, 1.807) is 14.2 Å². The first kappa shape index (κ1) is 16.1. The third-order valence-corrected chi connectivity index (χ3v) is 3.58. The van der Waals surface area contributed by atoms with Gasteiger partial charge in [0.25, 0.3) is 0 Å². The van der Waals surface area contributed by atoms with Crippen LogP contribution in [0.25, 0.3) is 22.0 Å². The first-order chi connectivity index (χ1) is 10.2. The Bertz CT molecular complexity index is 802. The van der Waals surface area contributed by atoms with Gasteiger partial charge in [0.05, 0.1) is 19.9 Å². The Morgan fingerprint density at radius 1 is 0.864 bits per heavy atom. The Kier molecular flexibility index (Phi) is 4.88. The molecule has 3 aromatic rings. The lowest BCUT2D eigenvalue weighted by Gasteiger charge is -2.11. The van der Waals surface area contributed by atoms with Crippen LogP contribution in [0, 0.1) is 6.92 Å². The second kappa shape index (κ2) is 6.67. The molecular formula is C18H18ClNO2. The highest BCUT2D eigenvalue weighted by Gasteiger charge is 2.09. The first-order valence-corrected chi connectivity index (χ1v) is 6.80. The monoisotopic (exact) mass is 315 g/mol. The third kappa shape index (κ3) is 2.85. The lowest BCUT2D eigenvalue weighted by Crippen LogP contribution is -1.92. The molecule has 0 bridgehead atoms. The minimum absolute atomic E-state index is 0. The van der Waals surface area contributed by atoms with Crippen LogP contribution in [0.5, 0.6) is 11.5 Å². The molecule has 0 saturated carbocycles. The van der Waals surface area contributed by atoms with Crippen molar-refractivity contribution in [1.82, 2.24) is 4.98 Å². The molecule has 1 aromatic heterocycles. The van der Waals surface area contributed by atoms with Crippen LogP contribution in [-0.2, 0) is 0 Å². The van der Waals surface area contributed by atoms with Crippen LogP contribution >= 0.6 is 12.4 Å². The number of pyridine rings is 1. The van der Waals surface area contributed by atoms with E-state index in [2.05, 4.69) is 30.1 Å². The van der Waals surface area contributed by atoms with Gasteiger partial charge in [0, 0.05) is 17.1 Å². The van der Waals surface area contributed by atoms with Crippen molar-refractivity contribution < 1.29 is 9.47 Å². The Morgan fingerprint density at radius 2 is 1.64 bits per heavy atom. The molecule has 0 saturated heterocycles. The zero-order chi connectivity index (χ0) is 14.8. The van der Waals surface area contributed by atoms with E-state index in [0.29, 0.717) is 5.75 Å². The van der Waals surface area contributed by atoms with Gasteiger partial charge in [0.1, 0.15) is 0 Å². The number of hydrogen-bond acceptors (Lipinski definition) is 3. The van der Waals surface area contributed by atoms with Gasteiger partial charge < -0.3 is 9.47 Å². The number of nitrogens with zero attached hydrogens (tertiary/aromatic N) is 1. The van der Waals surface area contributed by atoms with E-state index < -0.39 is 0 Å². The molecule has 1 heterocycles. The predicted octanol–water partition coefficient (Wildman–Crippen LogP) is 4.65. The SMILES string of the molecule is COc1ccc(-c2nccc3cc(C)ccc23)cc1OC.Cl. The first-order valence-electron chi connectivity index (χ1n) is 6.80. The largest absolute Gasteiger partial charge is 0.493 e. The zero-order valence-corrected chi connectivity index (χ0v) is 13.6. The summed E-state index contributed by atoms with van der Waals surface area (Å²) in [6, 6.07) is 14.3. The molecule has 0 unspecified atom stereocenters. The maximum atomic E-state index is 5.38. The fourth-order valence-corrected chi connectivity index (χ4v) is 2.51. The third-order valence-electron chi connectivity index (χ3n) is 3.58. The summed E-state index contributed by atoms with van der Waals surface area (Å²) in [7, 11) is 3.28. The van der Waals surface area contributed by atoms with E-state index in [1.807, 2.05) is 30.5 Å². The fraction of sp³-hybridized carbons (Fsp3) is 0.167. The average molecular weight is 316 g/mol. The quantitative estimate of drug-likeness (QED) is 0.705. The molecule has 4 heteroatoms. The number of aromatic nitrogens is 1. The molecule has 0 N–H and O–H groups in total. The number of aryl methyl sites for hydroxylation is 1. The number of ether oxygens (including phenoxy) is 2. The molecule has 0 radical (unpaired) electrons. The highest BCUT2D eigenvalue weighted by molar-refractivity contribution is 5.95. The zero-order valence-electron chi connectivity index (χ0n) is 12.8. The summed E-state index contributed by atoms with van der Waals surface area (Å²) in [6.07, 6.45) is 1.84. The lowest BCUT2D eigenvalue weighted by atomic mass is 10.0. The van der Waals surface area contributed by atoms with Crippen molar-refractivity contribution in [3.8, 4) is 22.8 Å². The van der Waals surface area contributed by atoms with Gasteiger partial charge in [-0.25, -0.2) is 0 Å². The summed E-state index contributed by atoms with van der Waals surface area (Å²) in [5.74, 6) is 1.43. The van der Waals surface area contributed by atoms with Crippen molar-refractivity contribution in [3.63, 3.8) is 0 Å². The minimum Gasteiger partial charge on any atom is -0.493 e. The van der Waals surface area contributed by atoms with Gasteiger partial charge >= 0.3 is 0 Å². The van der Waals surface area contributed by atoms with Crippen molar-refractivity contribution in [2.75, 3.05) is 14.2 Å². The average Bonchev–Trinajstić information content (AvgIpc) is 2.53. The smallest absolute Gasteiger partial charge is 0.161 e. The molecule has 0 aliphatic rings. The van der Waals surface area contributed by atoms with E-state index in [-0.39, 0.29) is 12.4 Å². The summed E-state index contributed by atoms with van der Waals surface area (Å²) in [6.45, 7) is 2.09. The Morgan fingerprint density at radius 3 is 2.36 bits per heavy atom. The second-order valence-corrected chi connectivity index (χ2v) is 4.95. The molecule has 0 amide bonds. The van der Waals surface area contributed by atoms with Crippen LogP contribution in [0.4, 0.5) is 0 Å². The molecule has 0 fully saturated rings. The van der Waals surface area contributed by atoms with E-state index in [1.165, 1.54) is 10.9 Å². The van der Waals surface area contributed by atoms with E-state index in [0.717, 1.165) is 22.4 Å². The summed E-state index contributed by atoms with van der Waals surface area (Å²) in [5.41, 5.74) is 3.21. The highest BCUT2D eigenvalue weighted by Crippen LogP contribution is 2.34. The van der Waals surface area contributed by atoms with Crippen LogP contribution < -0.4 is 9.47 Å². The number of fused-ring (bicyclic) bond motifs is 1. The maximum Gasteiger partial charge on any atom is 0.161 e. The highest BCUT2D eigenvalue weighted by atomic mass is 35.5. The second-order valence-electron chi connectivity index (χ2n) is 4.95. The Hall–Kier alpha value is -2.26. The number of benzene rings is 2. The van der Waals surface area contributed by atoms with E-state index in [4.69, 9.17) is 9.47 Å². The van der Waals surface area contributed by atoms with Crippen molar-refractivity contribution in [3.05, 3.63) is 54.2 Å². The van der Waals surface area contributed by atoms with E-state index >= 15 is 0 Å². The molecule has 0 aliphatic heterocycles. The number of hydrogen-bond donors (Lipinski definition) is 0. The van der Waals surface area contributed by atoms with E-state index in [9.17, 15) is 0 Å². The molecule has 22 heavy (non-hydrogen) atoms. The van der Waals surface area contributed by atoms with Gasteiger partial charge in [-0.15, -0.1) is 12.4 Å². The number of halogens is 1. The van der Waals surface area contributed by atoms with Crippen molar-refractivity contribution in [2.45, 2.75) is 6.92 Å². The predicted molar refractivity (Wildman–Crippen MR) is 92.3 cm³/mol. The Balaban J connectivity index is 0.00000176. The van der Waals surface area contributed by atoms with Crippen LogP contribution in [0.1, 0.15) is 5.56 Å². The van der Waals surface area contributed by atoms with Crippen LogP contribution in [-0.4, -0.2) is 19.2 Å². The lowest BCUT2D eigenvalue weighted by molar-refractivity contribution is 0.355. The topological polar surface area (TPSA) is 31.4 Å². The van der Waals surface area contributed by atoms with Crippen LogP contribution in [0.15, 0.2) is 48.7 Å². The molecule has 0 atom stereocenters. The molecule has 0 aliphatic carbocycles. The van der Waals surface area contributed by atoms with Crippen molar-refractivity contribution in [1.29, 1.82) is 0 Å². The number of rotatable bonds is 3. The normalized spacial score (nSPS) is 10.1. The molecule has 114 valence electrons. The summed E-state index contributed by atoms with van der Waals surface area (Å²) in [4.78, 5) is 4.54. The fourth-order valence-electron chi connectivity index (χ4n) is 2.51.